The Bertz CT molecular complexity index is 4.00. The molecule has 0 aromatic carbocycles. The van der Waals surface area contributed by atoms with Crippen LogP contribution in [-0.4, -0.2) is 0 Å². The van der Waals surface area contributed by atoms with Gasteiger partial charge in [-0.1, -0.05) is 0 Å². The predicted molar refractivity (Wildman–Crippen MR) is 11.0 cm³/mol. The maximum absolute atomic E-state index is 3.25. The smallest absolute Gasteiger partial charge is 0.346 e. The van der Waals surface area contributed by atoms with Gasteiger partial charge in [-0.05, 0) is 0 Å². The van der Waals surface area contributed by atoms with Gasteiger partial charge in [0.1, 0.15) is 0 Å². The Morgan fingerprint density at radius 3 is 1.00 bits per heavy atom. The fourth-order valence-electron chi connectivity index (χ4n) is 0. The summed E-state index contributed by atoms with van der Waals surface area (Å²) < 4.78 is 0. The Morgan fingerprint density at radius 2 is 1.00 bits per heavy atom. The molecule has 0 fully saturated rings. The Labute approximate surface area is 71.9 Å². The van der Waals surface area contributed by atoms with E-state index in [1.807, 2.05) is 0 Å². The van der Waals surface area contributed by atoms with E-state index in [4.69, 9.17) is 0 Å². The van der Waals surface area contributed by atoms with Crippen LogP contribution in [0.2, 0.25) is 0 Å². The molecule has 0 heterocycles. The fourth-order valence-corrected chi connectivity index (χ4v) is 0. The molecule has 0 aliphatic rings. The molecule has 0 aromatic heterocycles. The van der Waals surface area contributed by atoms with Crippen molar-refractivity contribution >= 4 is 0 Å². The first-order valence-corrected chi connectivity index (χ1v) is 0.707. The van der Waals surface area contributed by atoms with E-state index < -0.39 is 0 Å². The Morgan fingerprint density at radius 1 is 1.00 bits per heavy atom. The Kier molecular flexibility index (Phi) is 83.3. The maximum atomic E-state index is 3.25. The van der Waals surface area contributed by atoms with Crippen LogP contribution in [0.5, 0.6) is 0 Å². The third-order valence-electron chi connectivity index (χ3n) is 0. The van der Waals surface area contributed by atoms with Crippen molar-refractivity contribution in [3.63, 3.8) is 0 Å². The molecule has 0 spiro atoms. The first-order chi connectivity index (χ1) is 1.00. The van der Waals surface area contributed by atoms with Crippen molar-refractivity contribution in [1.29, 1.82) is 0 Å². The van der Waals surface area contributed by atoms with Crippen molar-refractivity contribution < 1.29 is 59.1 Å². The Balaban J connectivity index is -0.00000000500. The zero-order chi connectivity index (χ0) is 2.00. The zero-order valence-electron chi connectivity index (χ0n) is 3.71. The van der Waals surface area contributed by atoms with Crippen molar-refractivity contribution in [1.82, 2.24) is 0 Å². The minimum atomic E-state index is 0. The number of rotatable bonds is 0. The van der Waals surface area contributed by atoms with Gasteiger partial charge in [0, 0.05) is 0 Å². The van der Waals surface area contributed by atoms with Gasteiger partial charge in [0.15, 0.2) is 0 Å². The quantitative estimate of drug-likeness (QED) is 0.199. The first-order valence-electron chi connectivity index (χ1n) is 0.707. The molecule has 4 heavy (non-hydrogen) atoms. The van der Waals surface area contributed by atoms with E-state index in [9.17, 15) is 0 Å². The molecule has 0 saturated heterocycles. The standard InChI is InChI=1S/C2H5.2Na/c1-2;;/h1H2,2H3;;/q-1;2*+1. The molecule has 0 nitrogen and oxygen atoms in total. The molecule has 0 aliphatic carbocycles. The van der Waals surface area contributed by atoms with Crippen molar-refractivity contribution in [2.75, 3.05) is 0 Å². The number of hydrogen-bond donors (Lipinski definition) is 0. The molecule has 0 atom stereocenters. The van der Waals surface area contributed by atoms with Crippen LogP contribution < -0.4 is 59.1 Å². The van der Waals surface area contributed by atoms with Gasteiger partial charge < -0.3 is 6.92 Å². The average Bonchev–Trinajstić information content (AvgIpc) is 1.00. The molecular weight excluding hydrogens is 70.0 g/mol. The normalized spacial score (nSPS) is 1.50. The van der Waals surface area contributed by atoms with Crippen LogP contribution in [0, 0.1) is 6.92 Å². The summed E-state index contributed by atoms with van der Waals surface area (Å²) in [5.74, 6) is 0. The van der Waals surface area contributed by atoms with E-state index in [1.54, 1.807) is 6.92 Å². The molecular formula is C2H5Na2+. The van der Waals surface area contributed by atoms with Crippen LogP contribution in [0.25, 0.3) is 0 Å². The third kappa shape index (κ3) is 9.00. The summed E-state index contributed by atoms with van der Waals surface area (Å²) in [7, 11) is 0. The SMILES string of the molecule is [CH2-]C.[Na+].[Na+]. The topological polar surface area (TPSA) is 0 Å². The van der Waals surface area contributed by atoms with Gasteiger partial charge in [0.25, 0.3) is 0 Å². The van der Waals surface area contributed by atoms with Crippen LogP contribution in [0.15, 0.2) is 0 Å². The van der Waals surface area contributed by atoms with Crippen LogP contribution in [0.4, 0.5) is 0 Å². The molecule has 0 rings (SSSR count). The summed E-state index contributed by atoms with van der Waals surface area (Å²) in [6.45, 7) is 5.00. The van der Waals surface area contributed by atoms with Gasteiger partial charge in [-0.15, -0.1) is 0 Å². The molecule has 2 heteroatoms. The fraction of sp³-hybridized carbons (Fsp3) is 0.500. The van der Waals surface area contributed by atoms with Crippen LogP contribution in [-0.2, 0) is 0 Å². The van der Waals surface area contributed by atoms with Gasteiger partial charge >= 0.3 is 59.1 Å². The van der Waals surface area contributed by atoms with Gasteiger partial charge in [0.05, 0.1) is 0 Å². The van der Waals surface area contributed by atoms with Gasteiger partial charge in [-0.3, -0.25) is 0 Å². The second kappa shape index (κ2) is 20.0. The maximum Gasteiger partial charge on any atom is 1.00 e. The minimum absolute atomic E-state index is 0. The monoisotopic (exact) mass is 75.0 g/mol. The van der Waals surface area contributed by atoms with Gasteiger partial charge in [-0.2, -0.15) is 6.92 Å². The molecule has 14 valence electrons. The van der Waals surface area contributed by atoms with Crippen molar-refractivity contribution in [2.24, 2.45) is 0 Å². The minimum Gasteiger partial charge on any atom is -0.346 e. The van der Waals surface area contributed by atoms with Crippen molar-refractivity contribution in [2.45, 2.75) is 6.92 Å². The van der Waals surface area contributed by atoms with Crippen molar-refractivity contribution in [3.8, 4) is 0 Å². The molecule has 0 bridgehead atoms. The summed E-state index contributed by atoms with van der Waals surface area (Å²) in [4.78, 5) is 0. The zero-order valence-corrected chi connectivity index (χ0v) is 7.71. The predicted octanol–water partition coefficient (Wildman–Crippen LogP) is -5.15. The van der Waals surface area contributed by atoms with E-state index in [2.05, 4.69) is 6.92 Å². The molecule has 0 unspecified atom stereocenters. The van der Waals surface area contributed by atoms with Gasteiger partial charge in [0.2, 0.25) is 0 Å². The molecule has 0 amide bonds. The van der Waals surface area contributed by atoms with Crippen LogP contribution in [0.1, 0.15) is 6.92 Å². The second-order valence-corrected chi connectivity index (χ2v) is 0. The molecule has 0 N–H and O–H groups in total. The summed E-state index contributed by atoms with van der Waals surface area (Å²) in [6, 6.07) is 0. The van der Waals surface area contributed by atoms with Crippen LogP contribution >= 0.6 is 0 Å². The molecule has 0 saturated carbocycles. The van der Waals surface area contributed by atoms with Gasteiger partial charge in [-0.25, -0.2) is 0 Å². The van der Waals surface area contributed by atoms with Crippen LogP contribution in [0.3, 0.4) is 0 Å². The number of hydrogen-bond acceptors (Lipinski definition) is 0. The summed E-state index contributed by atoms with van der Waals surface area (Å²) in [6.07, 6.45) is 0. The third-order valence-corrected chi connectivity index (χ3v) is 0. The molecule has 0 aliphatic heterocycles. The van der Waals surface area contributed by atoms with Crippen molar-refractivity contribution in [3.05, 3.63) is 6.92 Å². The Hall–Kier alpha value is 2.00. The second-order valence-electron chi connectivity index (χ2n) is 0. The van der Waals surface area contributed by atoms with E-state index in [1.165, 1.54) is 0 Å². The molecule has 0 aromatic rings. The van der Waals surface area contributed by atoms with E-state index in [-0.39, 0.29) is 59.1 Å². The largest absolute Gasteiger partial charge is 1.00 e. The van der Waals surface area contributed by atoms with E-state index >= 15 is 0 Å². The van der Waals surface area contributed by atoms with E-state index in [0.29, 0.717) is 0 Å². The average molecular weight is 75.0 g/mol. The molecule has 0 radical (unpaired) electrons. The summed E-state index contributed by atoms with van der Waals surface area (Å²) in [5.41, 5.74) is 0. The summed E-state index contributed by atoms with van der Waals surface area (Å²) in [5, 5.41) is 0. The first kappa shape index (κ1) is 16.7. The van der Waals surface area contributed by atoms with E-state index in [0.717, 1.165) is 0 Å². The summed E-state index contributed by atoms with van der Waals surface area (Å²) >= 11 is 0.